The van der Waals surface area contributed by atoms with Crippen LogP contribution < -0.4 is 10.2 Å². The molecule has 2 aromatic rings. The highest BCUT2D eigenvalue weighted by Gasteiger charge is 2.00. The number of hydrogen-bond acceptors (Lipinski definition) is 2. The maximum atomic E-state index is 13.2. The van der Waals surface area contributed by atoms with Crippen molar-refractivity contribution in [1.82, 2.24) is 0 Å². The van der Waals surface area contributed by atoms with Crippen LogP contribution in [-0.2, 0) is 6.54 Å². The zero-order valence-electron chi connectivity index (χ0n) is 11.0. The summed E-state index contributed by atoms with van der Waals surface area (Å²) in [6.07, 6.45) is 0. The molecule has 0 aliphatic carbocycles. The summed E-state index contributed by atoms with van der Waals surface area (Å²) in [4.78, 5) is 2.05. The second kappa shape index (κ2) is 5.93. The van der Waals surface area contributed by atoms with E-state index in [0.29, 0.717) is 17.3 Å². The van der Waals surface area contributed by atoms with Gasteiger partial charge in [-0.2, -0.15) is 0 Å². The van der Waals surface area contributed by atoms with Crippen molar-refractivity contribution in [2.75, 3.05) is 24.3 Å². The van der Waals surface area contributed by atoms with Crippen LogP contribution in [0.3, 0.4) is 0 Å². The highest BCUT2D eigenvalue weighted by atomic mass is 35.5. The van der Waals surface area contributed by atoms with Crippen LogP contribution in [0.5, 0.6) is 0 Å². The third kappa shape index (κ3) is 3.86. The summed E-state index contributed by atoms with van der Waals surface area (Å²) in [5.41, 5.74) is 2.96. The Kier molecular flexibility index (Phi) is 4.27. The van der Waals surface area contributed by atoms with Crippen molar-refractivity contribution in [3.63, 3.8) is 0 Å². The van der Waals surface area contributed by atoms with Gasteiger partial charge >= 0.3 is 0 Å². The first-order valence-corrected chi connectivity index (χ1v) is 6.38. The molecule has 0 aromatic heterocycles. The summed E-state index contributed by atoms with van der Waals surface area (Å²) in [6, 6.07) is 12.6. The first kappa shape index (κ1) is 13.7. The van der Waals surface area contributed by atoms with Gasteiger partial charge in [-0.05, 0) is 35.9 Å². The molecule has 0 fully saturated rings. The normalized spacial score (nSPS) is 10.3. The van der Waals surface area contributed by atoms with Gasteiger partial charge in [0.25, 0.3) is 0 Å². The van der Waals surface area contributed by atoms with Crippen LogP contribution in [0.2, 0.25) is 5.02 Å². The molecule has 0 amide bonds. The summed E-state index contributed by atoms with van der Waals surface area (Å²) in [5.74, 6) is -0.335. The number of hydrogen-bond donors (Lipinski definition) is 1. The summed E-state index contributed by atoms with van der Waals surface area (Å²) in [6.45, 7) is 0.632. The Morgan fingerprint density at radius 3 is 2.37 bits per heavy atom. The van der Waals surface area contributed by atoms with E-state index < -0.39 is 0 Å². The largest absolute Gasteiger partial charge is 0.381 e. The number of nitrogens with zero attached hydrogens (tertiary/aromatic N) is 1. The Morgan fingerprint density at radius 2 is 1.79 bits per heavy atom. The monoisotopic (exact) mass is 278 g/mol. The maximum absolute atomic E-state index is 13.2. The SMILES string of the molecule is CN(C)c1ccc(CNc2cc(F)cc(Cl)c2)cc1. The molecule has 0 spiro atoms. The number of rotatable bonds is 4. The molecule has 100 valence electrons. The van der Waals surface area contributed by atoms with Gasteiger partial charge in [0.1, 0.15) is 5.82 Å². The van der Waals surface area contributed by atoms with Crippen LogP contribution in [0.15, 0.2) is 42.5 Å². The second-order valence-electron chi connectivity index (χ2n) is 4.57. The predicted molar refractivity (Wildman–Crippen MR) is 79.5 cm³/mol. The molecule has 2 rings (SSSR count). The zero-order valence-corrected chi connectivity index (χ0v) is 11.7. The van der Waals surface area contributed by atoms with E-state index in [1.165, 1.54) is 12.1 Å². The first-order chi connectivity index (χ1) is 9.04. The highest BCUT2D eigenvalue weighted by molar-refractivity contribution is 6.30. The maximum Gasteiger partial charge on any atom is 0.126 e. The van der Waals surface area contributed by atoms with E-state index in [1.54, 1.807) is 6.07 Å². The van der Waals surface area contributed by atoms with Crippen LogP contribution in [-0.4, -0.2) is 14.1 Å². The Balaban J connectivity index is 2.02. The van der Waals surface area contributed by atoms with E-state index in [2.05, 4.69) is 17.4 Å². The van der Waals surface area contributed by atoms with Crippen molar-refractivity contribution in [2.24, 2.45) is 0 Å². The number of halogens is 2. The molecule has 0 aliphatic heterocycles. The lowest BCUT2D eigenvalue weighted by atomic mass is 10.2. The molecule has 0 heterocycles. The van der Waals surface area contributed by atoms with E-state index in [0.717, 1.165) is 11.3 Å². The van der Waals surface area contributed by atoms with E-state index in [4.69, 9.17) is 11.6 Å². The standard InChI is InChI=1S/C15H16ClFN2/c1-19(2)15-5-3-11(4-6-15)10-18-14-8-12(16)7-13(17)9-14/h3-9,18H,10H2,1-2H3. The van der Waals surface area contributed by atoms with Gasteiger partial charge in [-0.3, -0.25) is 0 Å². The van der Waals surface area contributed by atoms with Crippen LogP contribution in [0.25, 0.3) is 0 Å². The van der Waals surface area contributed by atoms with E-state index in [9.17, 15) is 4.39 Å². The molecular formula is C15H16ClFN2. The summed E-state index contributed by atoms with van der Waals surface area (Å²) in [5, 5.41) is 3.55. The second-order valence-corrected chi connectivity index (χ2v) is 5.01. The molecule has 0 saturated carbocycles. The minimum atomic E-state index is -0.335. The van der Waals surface area contributed by atoms with Gasteiger partial charge in [0, 0.05) is 37.0 Å². The lowest BCUT2D eigenvalue weighted by Crippen LogP contribution is -2.08. The Morgan fingerprint density at radius 1 is 1.11 bits per heavy atom. The van der Waals surface area contributed by atoms with E-state index in [1.807, 2.05) is 31.1 Å². The third-order valence-electron chi connectivity index (χ3n) is 2.81. The fraction of sp³-hybridized carbons (Fsp3) is 0.200. The van der Waals surface area contributed by atoms with Gasteiger partial charge in [-0.25, -0.2) is 4.39 Å². The third-order valence-corrected chi connectivity index (χ3v) is 3.03. The molecule has 2 nitrogen and oxygen atoms in total. The lowest BCUT2D eigenvalue weighted by molar-refractivity contribution is 0.628. The molecular weight excluding hydrogens is 263 g/mol. The molecule has 0 aliphatic rings. The average Bonchev–Trinajstić information content (AvgIpc) is 2.36. The smallest absolute Gasteiger partial charge is 0.126 e. The number of anilines is 2. The van der Waals surface area contributed by atoms with Gasteiger partial charge in [0.2, 0.25) is 0 Å². The molecule has 0 unspecified atom stereocenters. The predicted octanol–water partition coefficient (Wildman–Crippen LogP) is 4.16. The van der Waals surface area contributed by atoms with Crippen molar-refractivity contribution in [3.05, 3.63) is 58.9 Å². The summed E-state index contributed by atoms with van der Waals surface area (Å²) in [7, 11) is 4.00. The van der Waals surface area contributed by atoms with Crippen molar-refractivity contribution >= 4 is 23.0 Å². The van der Waals surface area contributed by atoms with Gasteiger partial charge in [-0.1, -0.05) is 23.7 Å². The fourth-order valence-electron chi connectivity index (χ4n) is 1.77. The molecule has 4 heteroatoms. The summed E-state index contributed by atoms with van der Waals surface area (Å²) < 4.78 is 13.2. The van der Waals surface area contributed by atoms with Crippen molar-refractivity contribution < 1.29 is 4.39 Å². The molecule has 1 N–H and O–H groups in total. The Labute approximate surface area is 117 Å². The average molecular weight is 279 g/mol. The fourth-order valence-corrected chi connectivity index (χ4v) is 1.99. The Bertz CT molecular complexity index is 532. The number of benzene rings is 2. The first-order valence-electron chi connectivity index (χ1n) is 6.01. The van der Waals surface area contributed by atoms with Crippen LogP contribution in [0, 0.1) is 5.82 Å². The van der Waals surface area contributed by atoms with Gasteiger partial charge in [0.05, 0.1) is 0 Å². The lowest BCUT2D eigenvalue weighted by Gasteiger charge is -2.13. The van der Waals surface area contributed by atoms with Crippen molar-refractivity contribution in [2.45, 2.75) is 6.54 Å². The molecule has 2 aromatic carbocycles. The van der Waals surface area contributed by atoms with Crippen molar-refractivity contribution in [3.8, 4) is 0 Å². The Hall–Kier alpha value is -1.74. The quantitative estimate of drug-likeness (QED) is 0.903. The van der Waals surface area contributed by atoms with Crippen molar-refractivity contribution in [1.29, 1.82) is 0 Å². The molecule has 0 radical (unpaired) electrons. The minimum Gasteiger partial charge on any atom is -0.381 e. The topological polar surface area (TPSA) is 15.3 Å². The highest BCUT2D eigenvalue weighted by Crippen LogP contribution is 2.19. The van der Waals surface area contributed by atoms with Crippen LogP contribution in [0.4, 0.5) is 15.8 Å². The van der Waals surface area contributed by atoms with Gasteiger partial charge < -0.3 is 10.2 Å². The van der Waals surface area contributed by atoms with Crippen LogP contribution >= 0.6 is 11.6 Å². The number of nitrogens with one attached hydrogen (secondary N) is 1. The zero-order chi connectivity index (χ0) is 13.8. The van der Waals surface area contributed by atoms with E-state index in [-0.39, 0.29) is 5.82 Å². The minimum absolute atomic E-state index is 0.335. The molecule has 0 saturated heterocycles. The molecule has 0 atom stereocenters. The molecule has 19 heavy (non-hydrogen) atoms. The summed E-state index contributed by atoms with van der Waals surface area (Å²) >= 11 is 5.80. The molecule has 0 bridgehead atoms. The van der Waals surface area contributed by atoms with Crippen LogP contribution in [0.1, 0.15) is 5.56 Å². The van der Waals surface area contributed by atoms with E-state index >= 15 is 0 Å². The van der Waals surface area contributed by atoms with Gasteiger partial charge in [-0.15, -0.1) is 0 Å². The van der Waals surface area contributed by atoms with Gasteiger partial charge in [0.15, 0.2) is 0 Å².